The molecule has 1 N–H and O–H groups in total. The zero-order chi connectivity index (χ0) is 21.8. The van der Waals surface area contributed by atoms with Crippen LogP contribution in [0.15, 0.2) is 71.3 Å². The normalized spacial score (nSPS) is 15.7. The minimum Gasteiger partial charge on any atom is -0.467 e. The largest absolute Gasteiger partial charge is 0.467 e. The SMILES string of the molecule is COC(=O)c1ccc(NC(=O)c2ccc([C@@H]3SCC(=O)N3Cc3ccco3)cc2)cc1. The van der Waals surface area contributed by atoms with Gasteiger partial charge in [-0.1, -0.05) is 12.1 Å². The number of rotatable bonds is 6. The predicted octanol–water partition coefficient (Wildman–Crippen LogP) is 4.09. The number of nitrogens with zero attached hydrogens (tertiary/aromatic N) is 1. The fourth-order valence-electron chi connectivity index (χ4n) is 3.28. The van der Waals surface area contributed by atoms with Crippen LogP contribution in [0.1, 0.15) is 37.4 Å². The number of benzene rings is 2. The third kappa shape index (κ3) is 4.64. The summed E-state index contributed by atoms with van der Waals surface area (Å²) in [4.78, 5) is 38.2. The Balaban J connectivity index is 1.43. The molecule has 2 aromatic carbocycles. The zero-order valence-electron chi connectivity index (χ0n) is 16.7. The highest BCUT2D eigenvalue weighted by molar-refractivity contribution is 8.00. The number of amides is 2. The van der Waals surface area contributed by atoms with E-state index in [4.69, 9.17) is 4.42 Å². The van der Waals surface area contributed by atoms with E-state index in [0.717, 1.165) is 11.3 Å². The van der Waals surface area contributed by atoms with Gasteiger partial charge in [-0.15, -0.1) is 11.8 Å². The highest BCUT2D eigenvalue weighted by atomic mass is 32.2. The number of ether oxygens (including phenoxy) is 1. The van der Waals surface area contributed by atoms with Crippen LogP contribution in [0.4, 0.5) is 5.69 Å². The molecule has 3 aromatic rings. The topological polar surface area (TPSA) is 88.8 Å². The van der Waals surface area contributed by atoms with E-state index in [9.17, 15) is 14.4 Å². The second-order valence-electron chi connectivity index (χ2n) is 6.91. The Labute approximate surface area is 183 Å². The maximum atomic E-state index is 12.6. The second kappa shape index (κ2) is 9.09. The van der Waals surface area contributed by atoms with Crippen LogP contribution >= 0.6 is 11.8 Å². The van der Waals surface area contributed by atoms with Gasteiger partial charge in [0.05, 0.1) is 31.2 Å². The van der Waals surface area contributed by atoms with Crippen LogP contribution in [-0.2, 0) is 16.1 Å². The van der Waals surface area contributed by atoms with E-state index in [1.54, 1.807) is 65.4 Å². The predicted molar refractivity (Wildman–Crippen MR) is 117 cm³/mol. The highest BCUT2D eigenvalue weighted by Gasteiger charge is 2.33. The summed E-state index contributed by atoms with van der Waals surface area (Å²) in [6.07, 6.45) is 1.59. The number of anilines is 1. The molecular formula is C23H20N2O5S. The molecule has 31 heavy (non-hydrogen) atoms. The molecule has 1 aromatic heterocycles. The van der Waals surface area contributed by atoms with Crippen molar-refractivity contribution >= 4 is 35.2 Å². The lowest BCUT2D eigenvalue weighted by atomic mass is 10.1. The quantitative estimate of drug-likeness (QED) is 0.586. The van der Waals surface area contributed by atoms with E-state index in [-0.39, 0.29) is 17.2 Å². The van der Waals surface area contributed by atoms with Crippen LogP contribution in [-0.4, -0.2) is 35.5 Å². The van der Waals surface area contributed by atoms with E-state index in [1.807, 2.05) is 18.2 Å². The van der Waals surface area contributed by atoms with Gasteiger partial charge in [0.15, 0.2) is 0 Å². The smallest absolute Gasteiger partial charge is 0.337 e. The van der Waals surface area contributed by atoms with Gasteiger partial charge in [0.1, 0.15) is 11.1 Å². The summed E-state index contributed by atoms with van der Waals surface area (Å²) < 4.78 is 10.0. The Bertz CT molecular complexity index is 1080. The van der Waals surface area contributed by atoms with Gasteiger partial charge in [0.25, 0.3) is 5.91 Å². The monoisotopic (exact) mass is 436 g/mol. The van der Waals surface area contributed by atoms with Gasteiger partial charge < -0.3 is 19.4 Å². The zero-order valence-corrected chi connectivity index (χ0v) is 17.6. The highest BCUT2D eigenvalue weighted by Crippen LogP contribution is 2.39. The van der Waals surface area contributed by atoms with E-state index in [1.165, 1.54) is 7.11 Å². The lowest BCUT2D eigenvalue weighted by Crippen LogP contribution is -2.27. The van der Waals surface area contributed by atoms with Gasteiger partial charge in [-0.25, -0.2) is 4.79 Å². The molecule has 2 heterocycles. The number of nitrogens with one attached hydrogen (secondary N) is 1. The van der Waals surface area contributed by atoms with E-state index in [2.05, 4.69) is 10.1 Å². The third-order valence-electron chi connectivity index (χ3n) is 4.90. The average Bonchev–Trinajstić information content (AvgIpc) is 3.44. The van der Waals surface area contributed by atoms with E-state index in [0.29, 0.717) is 29.1 Å². The number of furan rings is 1. The van der Waals surface area contributed by atoms with Crippen LogP contribution in [0.2, 0.25) is 0 Å². The molecule has 1 atom stereocenters. The van der Waals surface area contributed by atoms with Crippen LogP contribution in [0.5, 0.6) is 0 Å². The number of methoxy groups -OCH3 is 1. The Hall–Kier alpha value is -3.52. The molecule has 0 saturated carbocycles. The van der Waals surface area contributed by atoms with Crippen molar-refractivity contribution in [3.05, 3.63) is 89.4 Å². The molecule has 7 nitrogen and oxygen atoms in total. The van der Waals surface area contributed by atoms with Crippen molar-refractivity contribution in [1.29, 1.82) is 0 Å². The molecule has 0 bridgehead atoms. The average molecular weight is 436 g/mol. The molecule has 1 aliphatic heterocycles. The number of esters is 1. The second-order valence-corrected chi connectivity index (χ2v) is 7.98. The molecular weight excluding hydrogens is 416 g/mol. The number of hydrogen-bond acceptors (Lipinski definition) is 6. The summed E-state index contributed by atoms with van der Waals surface area (Å²) in [7, 11) is 1.32. The van der Waals surface area contributed by atoms with Crippen molar-refractivity contribution in [1.82, 2.24) is 4.90 Å². The van der Waals surface area contributed by atoms with Crippen molar-refractivity contribution in [3.63, 3.8) is 0 Å². The lowest BCUT2D eigenvalue weighted by molar-refractivity contribution is -0.128. The summed E-state index contributed by atoms with van der Waals surface area (Å²) in [6, 6.07) is 17.3. The lowest BCUT2D eigenvalue weighted by Gasteiger charge is -2.23. The summed E-state index contributed by atoms with van der Waals surface area (Å²) in [5.74, 6) is 0.506. The molecule has 0 spiro atoms. The van der Waals surface area contributed by atoms with E-state index < -0.39 is 5.97 Å². The number of carbonyl (C=O) groups is 3. The minimum absolute atomic E-state index is 0.0589. The first kappa shape index (κ1) is 20.7. The molecule has 0 unspecified atom stereocenters. The fraction of sp³-hybridized carbons (Fsp3) is 0.174. The summed E-state index contributed by atoms with van der Waals surface area (Å²) >= 11 is 1.55. The van der Waals surface area contributed by atoms with Crippen molar-refractivity contribution in [3.8, 4) is 0 Å². The standard InChI is InChI=1S/C23H20N2O5S/c1-29-23(28)17-8-10-18(11-9-17)24-21(27)15-4-6-16(7-5-15)22-25(20(26)14-31-22)13-19-3-2-12-30-19/h2-12,22H,13-14H2,1H3,(H,24,27)/t22-/m0/s1. The molecule has 0 radical (unpaired) electrons. The van der Waals surface area contributed by atoms with Gasteiger partial charge >= 0.3 is 5.97 Å². The Morgan fingerprint density at radius 2 is 1.81 bits per heavy atom. The molecule has 8 heteroatoms. The first-order valence-electron chi connectivity index (χ1n) is 9.58. The first-order valence-corrected chi connectivity index (χ1v) is 10.6. The van der Waals surface area contributed by atoms with E-state index >= 15 is 0 Å². The first-order chi connectivity index (χ1) is 15.0. The number of thioether (sulfide) groups is 1. The van der Waals surface area contributed by atoms with Crippen LogP contribution in [0.25, 0.3) is 0 Å². The minimum atomic E-state index is -0.433. The molecule has 1 saturated heterocycles. The maximum Gasteiger partial charge on any atom is 0.337 e. The molecule has 1 aliphatic rings. The van der Waals surface area contributed by atoms with Gasteiger partial charge in [0, 0.05) is 11.3 Å². The van der Waals surface area contributed by atoms with Crippen LogP contribution in [0.3, 0.4) is 0 Å². The molecule has 4 rings (SSSR count). The maximum absolute atomic E-state index is 12.6. The summed E-state index contributed by atoms with van der Waals surface area (Å²) in [6.45, 7) is 0.410. The van der Waals surface area contributed by atoms with Gasteiger partial charge in [0.2, 0.25) is 5.91 Å². The van der Waals surface area contributed by atoms with Gasteiger partial charge in [-0.2, -0.15) is 0 Å². The van der Waals surface area contributed by atoms with Crippen LogP contribution < -0.4 is 5.32 Å². The Morgan fingerprint density at radius 3 is 2.45 bits per heavy atom. The fourth-order valence-corrected chi connectivity index (χ4v) is 4.47. The van der Waals surface area contributed by atoms with Crippen molar-refractivity contribution in [2.45, 2.75) is 11.9 Å². The third-order valence-corrected chi connectivity index (χ3v) is 6.15. The van der Waals surface area contributed by atoms with Crippen molar-refractivity contribution in [2.24, 2.45) is 0 Å². The Kier molecular flexibility index (Phi) is 6.08. The number of carbonyl (C=O) groups excluding carboxylic acids is 3. The van der Waals surface area contributed by atoms with Crippen molar-refractivity contribution in [2.75, 3.05) is 18.2 Å². The number of hydrogen-bond donors (Lipinski definition) is 1. The molecule has 158 valence electrons. The summed E-state index contributed by atoms with van der Waals surface area (Å²) in [5.41, 5.74) is 2.42. The Morgan fingerprint density at radius 1 is 1.10 bits per heavy atom. The molecule has 2 amide bonds. The van der Waals surface area contributed by atoms with Gasteiger partial charge in [-0.3, -0.25) is 9.59 Å². The van der Waals surface area contributed by atoms with Crippen molar-refractivity contribution < 1.29 is 23.5 Å². The molecule has 0 aliphatic carbocycles. The van der Waals surface area contributed by atoms with Gasteiger partial charge in [-0.05, 0) is 54.1 Å². The molecule has 1 fully saturated rings. The van der Waals surface area contributed by atoms with Crippen LogP contribution in [0, 0.1) is 0 Å². The summed E-state index contributed by atoms with van der Waals surface area (Å²) in [5, 5.41) is 2.68.